The van der Waals surface area contributed by atoms with E-state index in [9.17, 15) is 18.0 Å². The molecule has 0 spiro atoms. The average Bonchev–Trinajstić information content (AvgIpc) is 2.73. The molecule has 1 aliphatic carbocycles. The van der Waals surface area contributed by atoms with Crippen LogP contribution in [-0.2, 0) is 4.79 Å². The number of amides is 1. The summed E-state index contributed by atoms with van der Waals surface area (Å²) in [6.07, 6.45) is -2.31. The number of halogens is 4. The summed E-state index contributed by atoms with van der Waals surface area (Å²) in [6, 6.07) is 3.37. The molecule has 9 heteroatoms. The van der Waals surface area contributed by atoms with E-state index in [0.717, 1.165) is 33.1 Å². The lowest BCUT2D eigenvalue weighted by Gasteiger charge is -2.29. The molecule has 1 fully saturated rings. The number of fused-ring (bicyclic) bond motifs is 1. The van der Waals surface area contributed by atoms with Gasteiger partial charge in [-0.3, -0.25) is 14.7 Å². The van der Waals surface area contributed by atoms with Crippen molar-refractivity contribution in [3.05, 3.63) is 17.3 Å². The van der Waals surface area contributed by atoms with Crippen LogP contribution in [0.25, 0.3) is 11.2 Å². The molecule has 3 rings (SSSR count). The number of carbonyl (C=O) groups excluding carboxylic acids is 1. The van der Waals surface area contributed by atoms with E-state index in [4.69, 9.17) is 11.6 Å². The number of alkyl halides is 3. The molecule has 25 heavy (non-hydrogen) atoms. The minimum Gasteiger partial charge on any atom is -0.296 e. The van der Waals surface area contributed by atoms with Gasteiger partial charge in [0.1, 0.15) is 10.7 Å². The van der Waals surface area contributed by atoms with Crippen LogP contribution in [-0.4, -0.2) is 26.6 Å². The van der Waals surface area contributed by atoms with Crippen LogP contribution in [0.4, 0.5) is 19.1 Å². The lowest BCUT2D eigenvalue weighted by Crippen LogP contribution is -2.36. The van der Waals surface area contributed by atoms with E-state index < -0.39 is 23.9 Å². The van der Waals surface area contributed by atoms with Crippen LogP contribution in [0.3, 0.4) is 0 Å². The number of anilines is 1. The van der Waals surface area contributed by atoms with Crippen molar-refractivity contribution in [3.8, 4) is 0 Å². The van der Waals surface area contributed by atoms with Crippen LogP contribution < -0.4 is 5.32 Å². The van der Waals surface area contributed by atoms with Crippen LogP contribution in [0.15, 0.2) is 12.1 Å². The zero-order valence-electron chi connectivity index (χ0n) is 13.8. The smallest absolute Gasteiger partial charge is 0.296 e. The van der Waals surface area contributed by atoms with Crippen molar-refractivity contribution in [1.82, 2.24) is 14.5 Å². The minimum absolute atomic E-state index is 0.113. The highest BCUT2D eigenvalue weighted by Gasteiger charge is 2.48. The number of hydrogen-bond acceptors (Lipinski definition) is 3. The van der Waals surface area contributed by atoms with Gasteiger partial charge in [-0.1, -0.05) is 25.4 Å². The summed E-state index contributed by atoms with van der Waals surface area (Å²) in [5.41, 5.74) is -1.05. The third-order valence-electron chi connectivity index (χ3n) is 4.56. The zero-order chi connectivity index (χ0) is 18.4. The minimum atomic E-state index is -4.46. The molecule has 1 N–H and O–H groups in total. The van der Waals surface area contributed by atoms with E-state index in [-0.39, 0.29) is 12.0 Å². The fourth-order valence-corrected chi connectivity index (χ4v) is 2.84. The van der Waals surface area contributed by atoms with Crippen molar-refractivity contribution in [2.24, 2.45) is 5.41 Å². The second-order valence-corrected chi connectivity index (χ2v) is 7.36. The first kappa shape index (κ1) is 18.0. The molecule has 0 radical (unpaired) electrons. The standard InChI is InChI=1S/C16H18ClF3N4O/c1-15(2,16(18,19)20)8-12(25)23-14-21-10-6-7-11(17)22-13(10)24(14)9-4-3-5-9/h6-7,9H,3-5,8H2,1-2H3,(H,21,23,25). The van der Waals surface area contributed by atoms with Gasteiger partial charge in [-0.05, 0) is 31.4 Å². The summed E-state index contributed by atoms with van der Waals surface area (Å²) < 4.78 is 40.7. The summed E-state index contributed by atoms with van der Waals surface area (Å²) in [5.74, 6) is -0.512. The summed E-state index contributed by atoms with van der Waals surface area (Å²) in [4.78, 5) is 20.8. The molecule has 0 aliphatic heterocycles. The first-order valence-corrected chi connectivity index (χ1v) is 8.37. The van der Waals surface area contributed by atoms with Crippen LogP contribution >= 0.6 is 11.6 Å². The molecule has 0 unspecified atom stereocenters. The number of aromatic nitrogens is 3. The lowest BCUT2D eigenvalue weighted by molar-refractivity contribution is -0.213. The van der Waals surface area contributed by atoms with Gasteiger partial charge >= 0.3 is 6.18 Å². The number of nitrogens with one attached hydrogen (secondary N) is 1. The van der Waals surface area contributed by atoms with Gasteiger partial charge in [-0.25, -0.2) is 9.97 Å². The molecule has 136 valence electrons. The lowest BCUT2D eigenvalue weighted by atomic mass is 9.88. The van der Waals surface area contributed by atoms with Gasteiger partial charge in [0.15, 0.2) is 5.65 Å². The number of imidazole rings is 1. The molecule has 1 amide bonds. The van der Waals surface area contributed by atoms with Crippen molar-refractivity contribution < 1.29 is 18.0 Å². The van der Waals surface area contributed by atoms with Gasteiger partial charge in [0.25, 0.3) is 0 Å². The largest absolute Gasteiger partial charge is 0.394 e. The monoisotopic (exact) mass is 374 g/mol. The number of pyridine rings is 1. The Morgan fingerprint density at radius 2 is 2.00 bits per heavy atom. The second-order valence-electron chi connectivity index (χ2n) is 6.97. The van der Waals surface area contributed by atoms with Gasteiger partial charge in [-0.2, -0.15) is 13.2 Å². The third kappa shape index (κ3) is 3.44. The van der Waals surface area contributed by atoms with E-state index in [1.165, 1.54) is 0 Å². The number of nitrogens with zero attached hydrogens (tertiary/aromatic N) is 3. The maximum Gasteiger partial charge on any atom is 0.394 e. The summed E-state index contributed by atoms with van der Waals surface area (Å²) >= 11 is 5.94. The fourth-order valence-electron chi connectivity index (χ4n) is 2.70. The Hall–Kier alpha value is -1.83. The number of hydrogen-bond donors (Lipinski definition) is 1. The molecule has 2 aromatic rings. The normalized spacial score (nSPS) is 16.1. The van der Waals surface area contributed by atoms with Gasteiger partial charge in [0, 0.05) is 12.5 Å². The predicted octanol–water partition coefficient (Wildman–Crippen LogP) is 4.73. The molecule has 0 saturated heterocycles. The van der Waals surface area contributed by atoms with E-state index in [2.05, 4.69) is 15.3 Å². The molecule has 5 nitrogen and oxygen atoms in total. The van der Waals surface area contributed by atoms with Gasteiger partial charge in [0.2, 0.25) is 11.9 Å². The Morgan fingerprint density at radius 3 is 2.56 bits per heavy atom. The molecule has 0 atom stereocenters. The van der Waals surface area contributed by atoms with Crippen LogP contribution in [0, 0.1) is 5.41 Å². The first-order valence-electron chi connectivity index (χ1n) is 7.99. The second kappa shape index (κ2) is 6.16. The fraction of sp³-hybridized carbons (Fsp3) is 0.562. The summed E-state index contributed by atoms with van der Waals surface area (Å²) in [6.45, 7) is 2.01. The Balaban J connectivity index is 1.89. The van der Waals surface area contributed by atoms with E-state index in [1.54, 1.807) is 16.7 Å². The van der Waals surface area contributed by atoms with Crippen molar-refractivity contribution >= 4 is 34.6 Å². The molecule has 1 aliphatic rings. The molecule has 0 bridgehead atoms. The summed E-state index contributed by atoms with van der Waals surface area (Å²) in [5, 5.41) is 2.82. The molecular weight excluding hydrogens is 357 g/mol. The van der Waals surface area contributed by atoms with Crippen molar-refractivity contribution in [2.75, 3.05) is 5.32 Å². The molecular formula is C16H18ClF3N4O. The Bertz CT molecular complexity index is 812. The molecule has 1 saturated carbocycles. The van der Waals surface area contributed by atoms with Crippen molar-refractivity contribution in [2.45, 2.75) is 51.7 Å². The SMILES string of the molecule is CC(C)(CC(=O)Nc1nc2ccc(Cl)nc2n1C1CCC1)C(F)(F)F. The van der Waals surface area contributed by atoms with Crippen LogP contribution in [0.1, 0.15) is 45.6 Å². The predicted molar refractivity (Wildman–Crippen MR) is 88.5 cm³/mol. The maximum absolute atomic E-state index is 13.0. The van der Waals surface area contributed by atoms with Crippen molar-refractivity contribution in [1.29, 1.82) is 0 Å². The number of carbonyl (C=O) groups is 1. The Labute approximate surface area is 147 Å². The van der Waals surface area contributed by atoms with Crippen molar-refractivity contribution in [3.63, 3.8) is 0 Å². The van der Waals surface area contributed by atoms with Gasteiger partial charge < -0.3 is 0 Å². The van der Waals surface area contributed by atoms with Crippen LogP contribution in [0.5, 0.6) is 0 Å². The molecule has 0 aromatic carbocycles. The highest BCUT2D eigenvalue weighted by Crippen LogP contribution is 2.41. The highest BCUT2D eigenvalue weighted by molar-refractivity contribution is 6.29. The van der Waals surface area contributed by atoms with Gasteiger partial charge in [0.05, 0.1) is 5.41 Å². The highest BCUT2D eigenvalue weighted by atomic mass is 35.5. The Morgan fingerprint density at radius 1 is 1.32 bits per heavy atom. The maximum atomic E-state index is 13.0. The molecule has 2 aromatic heterocycles. The quantitative estimate of drug-likeness (QED) is 0.787. The zero-order valence-corrected chi connectivity index (χ0v) is 14.6. The third-order valence-corrected chi connectivity index (χ3v) is 4.77. The van der Waals surface area contributed by atoms with Crippen LogP contribution in [0.2, 0.25) is 5.15 Å². The topological polar surface area (TPSA) is 59.8 Å². The first-order chi connectivity index (χ1) is 11.6. The van der Waals surface area contributed by atoms with E-state index in [1.807, 2.05) is 0 Å². The number of rotatable bonds is 4. The summed E-state index contributed by atoms with van der Waals surface area (Å²) in [7, 11) is 0. The Kier molecular flexibility index (Phi) is 4.43. The van der Waals surface area contributed by atoms with E-state index >= 15 is 0 Å². The van der Waals surface area contributed by atoms with E-state index in [0.29, 0.717) is 16.3 Å². The van der Waals surface area contributed by atoms with Gasteiger partial charge in [-0.15, -0.1) is 0 Å². The molecule has 2 heterocycles. The average molecular weight is 375 g/mol.